The maximum absolute atomic E-state index is 11.8. The number of hydrogen-bond acceptors (Lipinski definition) is 2. The maximum atomic E-state index is 11.8. The summed E-state index contributed by atoms with van der Waals surface area (Å²) >= 11 is 0. The Morgan fingerprint density at radius 3 is 0.956 bits per heavy atom. The van der Waals surface area contributed by atoms with E-state index in [1.165, 1.54) is 21.5 Å². The van der Waals surface area contributed by atoms with E-state index in [4.69, 9.17) is 4.98 Å². The number of aryl methyl sites for hydroxylation is 2. The molecule has 6 nitrogen and oxygen atoms in total. The van der Waals surface area contributed by atoms with Gasteiger partial charge in [-0.3, -0.25) is 4.98 Å². The van der Waals surface area contributed by atoms with Crippen molar-refractivity contribution in [2.45, 2.75) is 13.8 Å². The average molecular weight is 869 g/mol. The van der Waals surface area contributed by atoms with Gasteiger partial charge in [-0.15, -0.1) is 0 Å². The van der Waals surface area contributed by atoms with Gasteiger partial charge < -0.3 is 18.3 Å². The number of nitrogens with zero attached hydrogens (tertiary/aromatic N) is 6. The molecule has 0 saturated heterocycles. The Bertz CT molecular complexity index is 4110. The largest absolute Gasteiger partial charge is 0.309 e. The number of benzene rings is 9. The Morgan fingerprint density at radius 1 is 0.324 bits per heavy atom. The van der Waals surface area contributed by atoms with Gasteiger partial charge in [-0.1, -0.05) is 121 Å². The fraction of sp³-hybridized carbons (Fsp3) is 0.0323. The molecule has 0 spiro atoms. The molecule has 0 aliphatic rings. The second kappa shape index (κ2) is 14.4. The Morgan fingerprint density at radius 2 is 0.618 bits per heavy atom. The molecule has 0 saturated carbocycles. The van der Waals surface area contributed by atoms with Gasteiger partial charge in [-0.05, 0) is 110 Å². The van der Waals surface area contributed by atoms with Crippen molar-refractivity contribution in [3.05, 3.63) is 223 Å². The molecule has 0 amide bonds. The lowest BCUT2D eigenvalue weighted by Crippen LogP contribution is -2.06. The van der Waals surface area contributed by atoms with E-state index >= 15 is 0 Å². The maximum Gasteiger partial charge on any atom is 0.104 e. The highest BCUT2D eigenvalue weighted by Crippen LogP contribution is 2.43. The molecule has 0 aliphatic carbocycles. The van der Waals surface area contributed by atoms with Crippen molar-refractivity contribution in [2.75, 3.05) is 0 Å². The highest BCUT2D eigenvalue weighted by atomic mass is 15.0. The summed E-state index contributed by atoms with van der Waals surface area (Å²) in [4.78, 5) is 4.79. The van der Waals surface area contributed by atoms with Gasteiger partial charge in [0, 0.05) is 65.9 Å². The smallest absolute Gasteiger partial charge is 0.104 e. The van der Waals surface area contributed by atoms with E-state index in [2.05, 4.69) is 231 Å². The highest BCUT2D eigenvalue weighted by Gasteiger charge is 2.24. The first-order valence-electron chi connectivity index (χ1n) is 23.1. The molecule has 0 unspecified atom stereocenters. The first-order chi connectivity index (χ1) is 33.5. The number of pyridine rings is 1. The minimum Gasteiger partial charge on any atom is -0.309 e. The molecule has 14 aromatic rings. The van der Waals surface area contributed by atoms with Crippen LogP contribution in [0.4, 0.5) is 0 Å². The highest BCUT2D eigenvalue weighted by molar-refractivity contribution is 6.14. The molecular formula is C62H40N6. The summed E-state index contributed by atoms with van der Waals surface area (Å²) < 4.78 is 9.39. The lowest BCUT2D eigenvalue weighted by atomic mass is 9.99. The molecule has 0 aliphatic heterocycles. The minimum absolute atomic E-state index is 0.575. The molecule has 14 rings (SSSR count). The van der Waals surface area contributed by atoms with Gasteiger partial charge in [0.05, 0.1) is 55.5 Å². The van der Waals surface area contributed by atoms with E-state index in [9.17, 15) is 5.26 Å². The van der Waals surface area contributed by atoms with Gasteiger partial charge in [-0.25, -0.2) is 0 Å². The fourth-order valence-electron chi connectivity index (χ4n) is 11.4. The summed E-state index contributed by atoms with van der Waals surface area (Å²) in [5, 5.41) is 21.1. The van der Waals surface area contributed by atoms with Crippen molar-refractivity contribution in [3.63, 3.8) is 0 Å². The predicted octanol–water partition coefficient (Wildman–Crippen LogP) is 15.6. The number of aromatic nitrogens is 5. The standard InChI is InChI=1S/C62H40N6/c1-38-31-40(32-39(2)64-38)41-33-59(67-57-25-13-7-19-48(57)50-29-27-42(35-61(50)67)65-53-21-9-3-15-44(53)45-16-4-10-22-54(45)65)52(37-63)60(34-41)68-58-26-14-8-20-49(58)51-30-28-43(36-62(51)68)66-55-23-11-5-17-46(55)47-18-6-12-24-56(47)66/h3-36H,1-2H3. The SMILES string of the molecule is Cc1cc(-c2cc(-n3c4ccccc4c4ccc(-n5c6ccccc6c6ccccc65)cc43)c(C#N)c(-n3c4ccccc4c4ccc(-n5c6ccccc6c6ccccc65)cc43)c2)cc(C)n1. The second-order valence-electron chi connectivity index (χ2n) is 18.0. The van der Waals surface area contributed by atoms with Gasteiger partial charge in [0.15, 0.2) is 0 Å². The predicted molar refractivity (Wildman–Crippen MR) is 281 cm³/mol. The number of nitriles is 1. The fourth-order valence-corrected chi connectivity index (χ4v) is 11.4. The van der Waals surface area contributed by atoms with Gasteiger partial charge in [0.1, 0.15) is 11.6 Å². The molecule has 0 bridgehead atoms. The van der Waals surface area contributed by atoms with Crippen LogP contribution in [0.3, 0.4) is 0 Å². The van der Waals surface area contributed by atoms with E-state index < -0.39 is 0 Å². The summed E-state index contributed by atoms with van der Waals surface area (Å²) in [5.41, 5.74) is 16.9. The van der Waals surface area contributed by atoms with Crippen LogP contribution in [0.1, 0.15) is 17.0 Å². The molecule has 318 valence electrons. The van der Waals surface area contributed by atoms with Crippen LogP contribution in [0, 0.1) is 25.2 Å². The lowest BCUT2D eigenvalue weighted by molar-refractivity contribution is 1.10. The van der Waals surface area contributed by atoms with Gasteiger partial charge >= 0.3 is 0 Å². The van der Waals surface area contributed by atoms with E-state index in [0.29, 0.717) is 5.56 Å². The molecule has 0 fully saturated rings. The van der Waals surface area contributed by atoms with E-state index in [0.717, 1.165) is 111 Å². The zero-order valence-electron chi connectivity index (χ0n) is 37.3. The van der Waals surface area contributed by atoms with E-state index in [1.807, 2.05) is 13.8 Å². The molecule has 0 N–H and O–H groups in total. The molecule has 6 heteroatoms. The van der Waals surface area contributed by atoms with Crippen molar-refractivity contribution in [1.82, 2.24) is 23.3 Å². The van der Waals surface area contributed by atoms with Crippen molar-refractivity contribution < 1.29 is 0 Å². The van der Waals surface area contributed by atoms with Crippen LogP contribution < -0.4 is 0 Å². The van der Waals surface area contributed by atoms with Crippen molar-refractivity contribution >= 4 is 87.2 Å². The topological polar surface area (TPSA) is 56.4 Å². The van der Waals surface area contributed by atoms with Crippen LogP contribution in [0.5, 0.6) is 0 Å². The third kappa shape index (κ3) is 5.41. The third-order valence-corrected chi connectivity index (χ3v) is 14.1. The Hall–Kier alpha value is -9.18. The third-order valence-electron chi connectivity index (χ3n) is 14.1. The first-order valence-corrected chi connectivity index (χ1v) is 23.1. The van der Waals surface area contributed by atoms with Gasteiger partial charge in [-0.2, -0.15) is 5.26 Å². The minimum atomic E-state index is 0.575. The summed E-state index contributed by atoms with van der Waals surface area (Å²) in [6.07, 6.45) is 0. The molecule has 0 atom stereocenters. The molecule has 5 aromatic heterocycles. The van der Waals surface area contributed by atoms with Crippen LogP contribution in [0.25, 0.3) is 121 Å². The van der Waals surface area contributed by atoms with Crippen LogP contribution in [0.2, 0.25) is 0 Å². The number of para-hydroxylation sites is 6. The quantitative estimate of drug-likeness (QED) is 0.173. The molecule has 9 aromatic carbocycles. The number of hydrogen-bond donors (Lipinski definition) is 0. The van der Waals surface area contributed by atoms with Crippen LogP contribution in [0.15, 0.2) is 206 Å². The number of rotatable bonds is 5. The van der Waals surface area contributed by atoms with Gasteiger partial charge in [0.25, 0.3) is 0 Å². The average Bonchev–Trinajstić information content (AvgIpc) is 4.10. The summed E-state index contributed by atoms with van der Waals surface area (Å²) in [6.45, 7) is 4.10. The normalized spacial score (nSPS) is 12.0. The lowest BCUT2D eigenvalue weighted by Gasteiger charge is -2.19. The van der Waals surface area contributed by atoms with Crippen molar-refractivity contribution in [1.29, 1.82) is 5.26 Å². The molecular weight excluding hydrogens is 829 g/mol. The van der Waals surface area contributed by atoms with E-state index in [1.54, 1.807) is 0 Å². The second-order valence-corrected chi connectivity index (χ2v) is 18.0. The molecule has 68 heavy (non-hydrogen) atoms. The Labute approximate surface area is 391 Å². The van der Waals surface area contributed by atoms with Crippen LogP contribution in [-0.2, 0) is 0 Å². The Kier molecular flexibility index (Phi) is 8.08. The van der Waals surface area contributed by atoms with Gasteiger partial charge in [0.2, 0.25) is 0 Å². The monoisotopic (exact) mass is 868 g/mol. The number of fused-ring (bicyclic) bond motifs is 12. The summed E-state index contributed by atoms with van der Waals surface area (Å²) in [7, 11) is 0. The zero-order valence-corrected chi connectivity index (χ0v) is 37.3. The molecule has 5 heterocycles. The first kappa shape index (κ1) is 38.1. The molecule has 0 radical (unpaired) electrons. The summed E-state index contributed by atoms with van der Waals surface area (Å²) in [5.74, 6) is 0. The Balaban J connectivity index is 1.10. The summed E-state index contributed by atoms with van der Waals surface area (Å²) in [6, 6.07) is 76.9. The van der Waals surface area contributed by atoms with Crippen LogP contribution in [-0.4, -0.2) is 23.3 Å². The zero-order chi connectivity index (χ0) is 45.2. The van der Waals surface area contributed by atoms with Crippen molar-refractivity contribution in [2.24, 2.45) is 0 Å². The van der Waals surface area contributed by atoms with Crippen LogP contribution >= 0.6 is 0 Å². The van der Waals surface area contributed by atoms with Crippen molar-refractivity contribution in [3.8, 4) is 39.9 Å². The van der Waals surface area contributed by atoms with E-state index in [-0.39, 0.29) is 0 Å².